The molecule has 1 N–H and O–H groups in total. The van der Waals surface area contributed by atoms with Crippen LogP contribution in [-0.4, -0.2) is 5.16 Å². The van der Waals surface area contributed by atoms with Gasteiger partial charge in [0.25, 0.3) is 0 Å². The molecule has 0 aliphatic carbocycles. The maximum Gasteiger partial charge on any atom is 0.140 e. The van der Waals surface area contributed by atoms with Crippen LogP contribution in [-0.2, 0) is 13.1 Å². The molecule has 0 atom stereocenters. The maximum atomic E-state index is 13.1. The van der Waals surface area contributed by atoms with E-state index in [2.05, 4.69) is 15.0 Å². The highest BCUT2D eigenvalue weighted by atomic mass is 19.1. The molecule has 2 rings (SSSR count). The van der Waals surface area contributed by atoms with Gasteiger partial charge in [-0.3, -0.25) is 0 Å². The van der Waals surface area contributed by atoms with E-state index in [4.69, 9.17) is 5.26 Å². The van der Waals surface area contributed by atoms with Crippen molar-refractivity contribution in [2.24, 2.45) is 0 Å². The zero-order valence-corrected chi connectivity index (χ0v) is 8.98. The molecule has 1 aromatic carbocycles. The summed E-state index contributed by atoms with van der Waals surface area (Å²) >= 11 is 0. The van der Waals surface area contributed by atoms with Gasteiger partial charge >= 0.3 is 0 Å². The molecule has 17 heavy (non-hydrogen) atoms. The zero-order valence-electron chi connectivity index (χ0n) is 8.98. The normalized spacial score (nSPS) is 10.1. The molecule has 0 amide bonds. The Morgan fingerprint density at radius 2 is 2.24 bits per heavy atom. The number of benzene rings is 1. The van der Waals surface area contributed by atoms with Crippen molar-refractivity contribution in [1.29, 1.82) is 5.26 Å². The molecule has 0 aliphatic rings. The Hall–Kier alpha value is -2.19. The van der Waals surface area contributed by atoms with Crippen LogP contribution in [0, 0.1) is 17.1 Å². The summed E-state index contributed by atoms with van der Waals surface area (Å²) < 4.78 is 17.7. The van der Waals surface area contributed by atoms with Crippen molar-refractivity contribution in [1.82, 2.24) is 10.5 Å². The summed E-state index contributed by atoms with van der Waals surface area (Å²) in [5.41, 5.74) is 1.71. The number of hydrogen-bond donors (Lipinski definition) is 1. The highest BCUT2D eigenvalue weighted by Gasteiger charge is 2.02. The standard InChI is InChI=1S/C12H10FN3O/c13-12-2-1-9(5-10(12)6-14)7-15-8-11-3-4-17-16-11/h1-5,15H,7-8H2. The lowest BCUT2D eigenvalue weighted by atomic mass is 10.1. The third kappa shape index (κ3) is 2.89. The smallest absolute Gasteiger partial charge is 0.140 e. The lowest BCUT2D eigenvalue weighted by Crippen LogP contribution is -2.13. The topological polar surface area (TPSA) is 61.9 Å². The first kappa shape index (κ1) is 11.3. The van der Waals surface area contributed by atoms with Crippen molar-refractivity contribution in [3.05, 3.63) is 53.2 Å². The van der Waals surface area contributed by atoms with Crippen LogP contribution in [0.4, 0.5) is 4.39 Å². The molecule has 86 valence electrons. The first-order valence-corrected chi connectivity index (χ1v) is 5.08. The summed E-state index contributed by atoms with van der Waals surface area (Å²) in [5.74, 6) is -0.493. The Labute approximate surface area is 97.7 Å². The van der Waals surface area contributed by atoms with Crippen LogP contribution in [0.1, 0.15) is 16.8 Å². The van der Waals surface area contributed by atoms with Crippen LogP contribution in [0.2, 0.25) is 0 Å². The molecule has 0 saturated heterocycles. The van der Waals surface area contributed by atoms with Gasteiger partial charge in [0.2, 0.25) is 0 Å². The van der Waals surface area contributed by atoms with Gasteiger partial charge in [-0.1, -0.05) is 11.2 Å². The minimum absolute atomic E-state index is 0.0609. The summed E-state index contributed by atoms with van der Waals surface area (Å²) in [5, 5.41) is 15.6. The molecule has 0 saturated carbocycles. The van der Waals surface area contributed by atoms with Crippen LogP contribution in [0.3, 0.4) is 0 Å². The average Bonchev–Trinajstić information content (AvgIpc) is 2.84. The number of nitriles is 1. The van der Waals surface area contributed by atoms with Crippen molar-refractivity contribution in [3.8, 4) is 6.07 Å². The van der Waals surface area contributed by atoms with Crippen LogP contribution in [0.25, 0.3) is 0 Å². The third-order valence-corrected chi connectivity index (χ3v) is 2.28. The summed E-state index contributed by atoms with van der Waals surface area (Å²) in [6.45, 7) is 1.11. The number of nitrogens with one attached hydrogen (secondary N) is 1. The van der Waals surface area contributed by atoms with Gasteiger partial charge in [0.05, 0.1) is 11.3 Å². The average molecular weight is 231 g/mol. The van der Waals surface area contributed by atoms with Crippen molar-refractivity contribution in [3.63, 3.8) is 0 Å². The summed E-state index contributed by atoms with van der Waals surface area (Å²) in [6, 6.07) is 8.05. The van der Waals surface area contributed by atoms with Crippen LogP contribution in [0.5, 0.6) is 0 Å². The Morgan fingerprint density at radius 1 is 1.35 bits per heavy atom. The second-order valence-corrected chi connectivity index (χ2v) is 3.52. The summed E-state index contributed by atoms with van der Waals surface area (Å²) in [6.07, 6.45) is 1.50. The predicted octanol–water partition coefficient (Wildman–Crippen LogP) is 1.98. The zero-order chi connectivity index (χ0) is 12.1. The summed E-state index contributed by atoms with van der Waals surface area (Å²) in [7, 11) is 0. The first-order chi connectivity index (χ1) is 8.29. The van der Waals surface area contributed by atoms with E-state index in [1.54, 1.807) is 12.1 Å². The molecule has 1 aromatic heterocycles. The Bertz CT molecular complexity index is 531. The van der Waals surface area contributed by atoms with Gasteiger partial charge in [-0.2, -0.15) is 5.26 Å². The van der Waals surface area contributed by atoms with E-state index in [9.17, 15) is 4.39 Å². The molecule has 0 spiro atoms. The van der Waals surface area contributed by atoms with Gasteiger partial charge in [-0.05, 0) is 17.7 Å². The van der Waals surface area contributed by atoms with Crippen molar-refractivity contribution >= 4 is 0 Å². The first-order valence-electron chi connectivity index (χ1n) is 5.08. The van der Waals surface area contributed by atoms with E-state index < -0.39 is 5.82 Å². The Morgan fingerprint density at radius 3 is 2.94 bits per heavy atom. The Kier molecular flexibility index (Phi) is 3.48. The second kappa shape index (κ2) is 5.23. The van der Waals surface area contributed by atoms with Crippen molar-refractivity contribution in [2.45, 2.75) is 13.1 Å². The Balaban J connectivity index is 1.93. The fraction of sp³-hybridized carbons (Fsp3) is 0.167. The molecule has 4 nitrogen and oxygen atoms in total. The fourth-order valence-corrected chi connectivity index (χ4v) is 1.43. The highest BCUT2D eigenvalue weighted by Crippen LogP contribution is 2.09. The van der Waals surface area contributed by atoms with Crippen LogP contribution in [0.15, 0.2) is 35.1 Å². The maximum absolute atomic E-state index is 13.1. The SMILES string of the molecule is N#Cc1cc(CNCc2ccon2)ccc1F. The van der Waals surface area contributed by atoms with Gasteiger partial charge < -0.3 is 9.84 Å². The molecule has 0 fully saturated rings. The van der Waals surface area contributed by atoms with Gasteiger partial charge in [0.1, 0.15) is 18.1 Å². The van der Waals surface area contributed by atoms with Gasteiger partial charge in [-0.25, -0.2) is 4.39 Å². The molecule has 0 unspecified atom stereocenters. The van der Waals surface area contributed by atoms with E-state index in [-0.39, 0.29) is 5.56 Å². The second-order valence-electron chi connectivity index (χ2n) is 3.52. The quantitative estimate of drug-likeness (QED) is 0.873. The molecule has 0 bridgehead atoms. The van der Waals surface area contributed by atoms with Crippen LogP contribution < -0.4 is 5.32 Å². The number of halogens is 1. The third-order valence-electron chi connectivity index (χ3n) is 2.28. The van der Waals surface area contributed by atoms with Crippen LogP contribution >= 0.6 is 0 Å². The molecule has 5 heteroatoms. The number of aromatic nitrogens is 1. The monoisotopic (exact) mass is 231 g/mol. The lowest BCUT2D eigenvalue weighted by Gasteiger charge is -2.03. The largest absolute Gasteiger partial charge is 0.364 e. The van der Waals surface area contributed by atoms with Gasteiger partial charge in [0.15, 0.2) is 0 Å². The van der Waals surface area contributed by atoms with E-state index in [0.717, 1.165) is 11.3 Å². The minimum atomic E-state index is -0.493. The van der Waals surface area contributed by atoms with E-state index >= 15 is 0 Å². The van der Waals surface area contributed by atoms with E-state index in [1.165, 1.54) is 18.4 Å². The predicted molar refractivity (Wildman–Crippen MR) is 58.2 cm³/mol. The minimum Gasteiger partial charge on any atom is -0.364 e. The lowest BCUT2D eigenvalue weighted by molar-refractivity contribution is 0.408. The van der Waals surface area contributed by atoms with Crippen molar-refractivity contribution < 1.29 is 8.91 Å². The number of hydrogen-bond acceptors (Lipinski definition) is 4. The van der Waals surface area contributed by atoms with Gasteiger partial charge in [-0.15, -0.1) is 0 Å². The molecular formula is C12H10FN3O. The molecule has 0 radical (unpaired) electrons. The summed E-state index contributed by atoms with van der Waals surface area (Å²) in [4.78, 5) is 0. The molecule has 1 heterocycles. The molecule has 0 aliphatic heterocycles. The highest BCUT2D eigenvalue weighted by molar-refractivity contribution is 5.34. The number of nitrogens with zero attached hydrogens (tertiary/aromatic N) is 2. The molecular weight excluding hydrogens is 221 g/mol. The van der Waals surface area contributed by atoms with Gasteiger partial charge in [0, 0.05) is 19.2 Å². The molecule has 2 aromatic rings. The van der Waals surface area contributed by atoms with Crippen molar-refractivity contribution in [2.75, 3.05) is 0 Å². The fourth-order valence-electron chi connectivity index (χ4n) is 1.43. The number of rotatable bonds is 4. The van der Waals surface area contributed by atoms with E-state index in [1.807, 2.05) is 6.07 Å². The van der Waals surface area contributed by atoms with E-state index in [0.29, 0.717) is 13.1 Å².